The molecule has 0 radical (unpaired) electrons. The van der Waals surface area contributed by atoms with Gasteiger partial charge in [0.15, 0.2) is 5.82 Å². The molecular weight excluding hydrogens is 386 g/mol. The van der Waals surface area contributed by atoms with Crippen LogP contribution in [0.1, 0.15) is 27.8 Å². The van der Waals surface area contributed by atoms with Crippen LogP contribution in [0, 0.1) is 21.7 Å². The van der Waals surface area contributed by atoms with Gasteiger partial charge in [0.2, 0.25) is 5.78 Å². The van der Waals surface area contributed by atoms with Gasteiger partial charge in [-0.15, -0.1) is 0 Å². The van der Waals surface area contributed by atoms with Crippen LogP contribution >= 0.6 is 0 Å². The Bertz CT molecular complexity index is 1060. The molecule has 0 aliphatic rings. The predicted octanol–water partition coefficient (Wildman–Crippen LogP) is 2.98. The van der Waals surface area contributed by atoms with Crippen LogP contribution in [-0.2, 0) is 7.05 Å². The maximum Gasteiger partial charge on any atom is 0.293 e. The lowest BCUT2D eigenvalue weighted by Gasteiger charge is -2.15. The van der Waals surface area contributed by atoms with Crippen molar-refractivity contribution in [1.82, 2.24) is 9.55 Å². The largest absolute Gasteiger partial charge is 0.386 e. The molecule has 150 valence electrons. The van der Waals surface area contributed by atoms with E-state index in [1.807, 2.05) is 0 Å². The normalized spacial score (nSPS) is 11.9. The van der Waals surface area contributed by atoms with E-state index < -0.39 is 39.7 Å². The number of aryl methyl sites for hydroxylation is 1. The maximum atomic E-state index is 13.8. The van der Waals surface area contributed by atoms with Crippen molar-refractivity contribution in [2.45, 2.75) is 6.10 Å². The van der Waals surface area contributed by atoms with Crippen LogP contribution in [0.2, 0.25) is 0 Å². The third-order valence-corrected chi connectivity index (χ3v) is 4.30. The Hall–Kier alpha value is -3.66. The van der Waals surface area contributed by atoms with E-state index in [1.165, 1.54) is 22.9 Å². The Morgan fingerprint density at radius 2 is 2.00 bits per heavy atom. The van der Waals surface area contributed by atoms with Crippen LogP contribution in [0.5, 0.6) is 0 Å². The SMILES string of the molecule is Cn1ccnc1C(=O)c1ccc(NCC(O)c2c(F)cccc2F)c([N+](=O)[O-])c1. The van der Waals surface area contributed by atoms with Gasteiger partial charge in [0, 0.05) is 37.6 Å². The van der Waals surface area contributed by atoms with Crippen molar-refractivity contribution >= 4 is 17.2 Å². The van der Waals surface area contributed by atoms with Crippen LogP contribution in [-0.4, -0.2) is 31.9 Å². The van der Waals surface area contributed by atoms with E-state index in [2.05, 4.69) is 10.3 Å². The zero-order chi connectivity index (χ0) is 21.1. The van der Waals surface area contributed by atoms with Crippen molar-refractivity contribution in [1.29, 1.82) is 0 Å². The highest BCUT2D eigenvalue weighted by atomic mass is 19.1. The fourth-order valence-electron chi connectivity index (χ4n) is 2.82. The minimum absolute atomic E-state index is 0.0119. The molecule has 0 bridgehead atoms. The average Bonchev–Trinajstić information content (AvgIpc) is 3.11. The monoisotopic (exact) mass is 402 g/mol. The number of halogens is 2. The van der Waals surface area contributed by atoms with E-state index in [1.54, 1.807) is 13.2 Å². The molecule has 1 atom stereocenters. The molecule has 1 unspecified atom stereocenters. The molecule has 3 aromatic rings. The summed E-state index contributed by atoms with van der Waals surface area (Å²) in [6.45, 7) is -0.384. The fraction of sp³-hybridized carbons (Fsp3) is 0.158. The number of ketones is 1. The number of carbonyl (C=O) groups is 1. The number of benzene rings is 2. The lowest BCUT2D eigenvalue weighted by molar-refractivity contribution is -0.384. The molecule has 1 aromatic heterocycles. The zero-order valence-electron chi connectivity index (χ0n) is 15.2. The quantitative estimate of drug-likeness (QED) is 0.357. The van der Waals surface area contributed by atoms with E-state index in [0.29, 0.717) is 0 Å². The molecule has 0 amide bonds. The van der Waals surface area contributed by atoms with Crippen molar-refractivity contribution in [3.05, 3.63) is 87.5 Å². The van der Waals surface area contributed by atoms with E-state index in [9.17, 15) is 28.8 Å². The number of imidazole rings is 1. The van der Waals surface area contributed by atoms with Gasteiger partial charge < -0.3 is 15.0 Å². The second kappa shape index (κ2) is 8.15. The molecule has 10 heteroatoms. The van der Waals surface area contributed by atoms with Crippen molar-refractivity contribution in [3.8, 4) is 0 Å². The summed E-state index contributed by atoms with van der Waals surface area (Å²) in [4.78, 5) is 27.1. The molecule has 0 aliphatic heterocycles. The molecule has 0 spiro atoms. The number of anilines is 1. The second-order valence-electron chi connectivity index (χ2n) is 6.21. The Balaban J connectivity index is 1.84. The smallest absolute Gasteiger partial charge is 0.293 e. The molecule has 8 nitrogen and oxygen atoms in total. The number of rotatable bonds is 7. The highest BCUT2D eigenvalue weighted by molar-refractivity contribution is 6.07. The fourth-order valence-corrected chi connectivity index (χ4v) is 2.82. The second-order valence-corrected chi connectivity index (χ2v) is 6.21. The molecule has 2 N–H and O–H groups in total. The number of nitro benzene ring substituents is 1. The number of hydrogen-bond donors (Lipinski definition) is 2. The van der Waals surface area contributed by atoms with Crippen molar-refractivity contribution in [2.24, 2.45) is 7.05 Å². The predicted molar refractivity (Wildman–Crippen MR) is 99.5 cm³/mol. The third kappa shape index (κ3) is 4.11. The van der Waals surface area contributed by atoms with Gasteiger partial charge in [-0.25, -0.2) is 13.8 Å². The van der Waals surface area contributed by atoms with Crippen molar-refractivity contribution < 1.29 is 23.6 Å². The van der Waals surface area contributed by atoms with Gasteiger partial charge in [0.25, 0.3) is 5.69 Å². The first kappa shape index (κ1) is 20.1. The highest BCUT2D eigenvalue weighted by Gasteiger charge is 2.22. The molecule has 2 aromatic carbocycles. The van der Waals surface area contributed by atoms with E-state index in [4.69, 9.17) is 0 Å². The summed E-state index contributed by atoms with van der Waals surface area (Å²) in [5.41, 5.74) is -0.921. The van der Waals surface area contributed by atoms with Gasteiger partial charge in [-0.2, -0.15) is 0 Å². The van der Waals surface area contributed by atoms with Gasteiger partial charge >= 0.3 is 0 Å². The summed E-state index contributed by atoms with van der Waals surface area (Å²) in [5.74, 6) is -2.24. The van der Waals surface area contributed by atoms with Gasteiger partial charge in [-0.3, -0.25) is 14.9 Å². The molecule has 29 heavy (non-hydrogen) atoms. The Labute approximate surface area is 163 Å². The number of nitro groups is 1. The first-order chi connectivity index (χ1) is 13.8. The zero-order valence-corrected chi connectivity index (χ0v) is 15.2. The van der Waals surface area contributed by atoms with Crippen LogP contribution in [0.3, 0.4) is 0 Å². The van der Waals surface area contributed by atoms with Crippen LogP contribution < -0.4 is 5.32 Å². The summed E-state index contributed by atoms with van der Waals surface area (Å²) in [7, 11) is 1.62. The number of hydrogen-bond acceptors (Lipinski definition) is 6. The van der Waals surface area contributed by atoms with Gasteiger partial charge in [-0.1, -0.05) is 6.07 Å². The molecule has 0 fully saturated rings. The number of nitrogens with zero attached hydrogens (tertiary/aromatic N) is 3. The third-order valence-electron chi connectivity index (χ3n) is 4.30. The number of nitrogens with one attached hydrogen (secondary N) is 1. The highest BCUT2D eigenvalue weighted by Crippen LogP contribution is 2.28. The lowest BCUT2D eigenvalue weighted by atomic mass is 10.1. The maximum absolute atomic E-state index is 13.8. The Morgan fingerprint density at radius 1 is 1.31 bits per heavy atom. The van der Waals surface area contributed by atoms with Crippen LogP contribution in [0.4, 0.5) is 20.2 Å². The number of carbonyl (C=O) groups excluding carboxylic acids is 1. The molecule has 0 saturated carbocycles. The van der Waals surface area contributed by atoms with Gasteiger partial charge in [-0.05, 0) is 24.3 Å². The summed E-state index contributed by atoms with van der Waals surface area (Å²) in [6.07, 6.45) is 1.42. The van der Waals surface area contributed by atoms with E-state index in [0.717, 1.165) is 24.3 Å². The van der Waals surface area contributed by atoms with Gasteiger partial charge in [0.05, 0.1) is 10.5 Å². The molecule has 0 saturated heterocycles. The van der Waals surface area contributed by atoms with Crippen LogP contribution in [0.15, 0.2) is 48.8 Å². The standard InChI is InChI=1S/C19H16F2N4O4/c1-24-8-7-22-19(24)18(27)11-5-6-14(15(9-11)25(28)29)23-10-16(26)17-12(20)3-2-4-13(17)21/h2-9,16,23,26H,10H2,1H3. The molecular formula is C19H16F2N4O4. The summed E-state index contributed by atoms with van der Waals surface area (Å²) >= 11 is 0. The van der Waals surface area contributed by atoms with E-state index in [-0.39, 0.29) is 23.6 Å². The topological polar surface area (TPSA) is 110 Å². The molecule has 3 rings (SSSR count). The number of aliphatic hydroxyl groups excluding tert-OH is 1. The minimum atomic E-state index is -1.58. The van der Waals surface area contributed by atoms with Crippen molar-refractivity contribution in [3.63, 3.8) is 0 Å². The van der Waals surface area contributed by atoms with E-state index >= 15 is 0 Å². The first-order valence-corrected chi connectivity index (χ1v) is 8.46. The van der Waals surface area contributed by atoms with Gasteiger partial charge in [0.1, 0.15) is 23.4 Å². The summed E-state index contributed by atoms with van der Waals surface area (Å²) < 4.78 is 29.0. The summed E-state index contributed by atoms with van der Waals surface area (Å²) in [5, 5.41) is 24.1. The molecule has 1 heterocycles. The van der Waals surface area contributed by atoms with Crippen LogP contribution in [0.25, 0.3) is 0 Å². The minimum Gasteiger partial charge on any atom is -0.386 e. The number of aromatic nitrogens is 2. The number of aliphatic hydroxyl groups is 1. The average molecular weight is 402 g/mol. The summed E-state index contributed by atoms with van der Waals surface area (Å²) in [6, 6.07) is 6.90. The lowest BCUT2D eigenvalue weighted by Crippen LogP contribution is -2.16. The first-order valence-electron chi connectivity index (χ1n) is 8.46. The molecule has 0 aliphatic carbocycles. The Morgan fingerprint density at radius 3 is 2.59 bits per heavy atom. The van der Waals surface area contributed by atoms with Crippen molar-refractivity contribution in [2.75, 3.05) is 11.9 Å². The Kier molecular flexibility index (Phi) is 5.64.